The Morgan fingerprint density at radius 3 is 2.71 bits per heavy atom. The lowest BCUT2D eigenvalue weighted by Crippen LogP contribution is -2.37. The van der Waals surface area contributed by atoms with Crippen molar-refractivity contribution >= 4 is 57.2 Å². The number of phenols is 1. The Hall–Kier alpha value is -1.000. The Morgan fingerprint density at radius 1 is 1.38 bits per heavy atom. The standard InChI is InChI=1S/C16H20BrN3O2S.HI/c1-18-16(20(2)10-13-5-7-15(17)23-13)19-9-11-8-12(22-3)4-6-14(11)21;/h4-8,21H,9-10H2,1-3H3,(H,18,19);1H. The van der Waals surface area contributed by atoms with Crippen LogP contribution >= 0.6 is 51.2 Å². The number of methoxy groups -OCH3 is 1. The number of aliphatic imine (C=N–C) groups is 1. The number of rotatable bonds is 5. The van der Waals surface area contributed by atoms with Crippen LogP contribution < -0.4 is 10.1 Å². The number of hydrogen-bond donors (Lipinski definition) is 2. The van der Waals surface area contributed by atoms with Crippen LogP contribution in [-0.4, -0.2) is 37.2 Å². The maximum atomic E-state index is 9.94. The van der Waals surface area contributed by atoms with Gasteiger partial charge in [0.2, 0.25) is 0 Å². The molecule has 132 valence electrons. The summed E-state index contributed by atoms with van der Waals surface area (Å²) < 4.78 is 6.31. The lowest BCUT2D eigenvalue weighted by molar-refractivity contribution is 0.410. The molecular formula is C16H21BrIN3O2S. The van der Waals surface area contributed by atoms with E-state index in [1.165, 1.54) is 4.88 Å². The van der Waals surface area contributed by atoms with E-state index < -0.39 is 0 Å². The molecule has 0 bridgehead atoms. The number of aromatic hydroxyl groups is 1. The van der Waals surface area contributed by atoms with Crippen LogP contribution in [0.15, 0.2) is 39.1 Å². The molecule has 2 aromatic rings. The maximum absolute atomic E-state index is 9.94. The average Bonchev–Trinajstić information content (AvgIpc) is 2.94. The minimum Gasteiger partial charge on any atom is -0.508 e. The molecule has 0 aliphatic rings. The summed E-state index contributed by atoms with van der Waals surface area (Å²) in [7, 11) is 5.33. The van der Waals surface area contributed by atoms with E-state index in [0.717, 1.165) is 21.9 Å². The molecule has 24 heavy (non-hydrogen) atoms. The van der Waals surface area contributed by atoms with Gasteiger partial charge in [-0.25, -0.2) is 0 Å². The SMILES string of the molecule is CN=C(NCc1cc(OC)ccc1O)N(C)Cc1ccc(Br)s1.I. The zero-order valence-electron chi connectivity index (χ0n) is 13.7. The summed E-state index contributed by atoms with van der Waals surface area (Å²) in [5, 5.41) is 13.2. The minimum atomic E-state index is 0. The molecule has 1 aromatic heterocycles. The molecule has 1 heterocycles. The molecule has 0 unspecified atom stereocenters. The van der Waals surface area contributed by atoms with E-state index in [-0.39, 0.29) is 29.7 Å². The van der Waals surface area contributed by atoms with Gasteiger partial charge in [-0.15, -0.1) is 35.3 Å². The first kappa shape index (κ1) is 21.0. The van der Waals surface area contributed by atoms with Crippen molar-refractivity contribution in [1.29, 1.82) is 0 Å². The lowest BCUT2D eigenvalue weighted by Gasteiger charge is -2.21. The van der Waals surface area contributed by atoms with Crippen molar-refractivity contribution in [2.24, 2.45) is 4.99 Å². The Balaban J connectivity index is 0.00000288. The molecule has 0 aliphatic heterocycles. The molecule has 0 saturated heterocycles. The van der Waals surface area contributed by atoms with E-state index >= 15 is 0 Å². The predicted molar refractivity (Wildman–Crippen MR) is 114 cm³/mol. The van der Waals surface area contributed by atoms with Crippen LogP contribution in [0.4, 0.5) is 0 Å². The number of ether oxygens (including phenoxy) is 1. The first-order valence-corrected chi connectivity index (χ1v) is 8.66. The highest BCUT2D eigenvalue weighted by Gasteiger charge is 2.10. The van der Waals surface area contributed by atoms with Crippen LogP contribution in [0.5, 0.6) is 11.5 Å². The third kappa shape index (κ3) is 5.82. The molecule has 0 spiro atoms. The van der Waals surface area contributed by atoms with Crippen LogP contribution in [0.2, 0.25) is 0 Å². The smallest absolute Gasteiger partial charge is 0.193 e. The molecule has 0 fully saturated rings. The van der Waals surface area contributed by atoms with Crippen LogP contribution in [0.1, 0.15) is 10.4 Å². The van der Waals surface area contributed by atoms with Gasteiger partial charge in [0, 0.05) is 31.1 Å². The Morgan fingerprint density at radius 2 is 2.12 bits per heavy atom. The van der Waals surface area contributed by atoms with Gasteiger partial charge in [0.15, 0.2) is 5.96 Å². The van der Waals surface area contributed by atoms with Crippen molar-refractivity contribution in [3.63, 3.8) is 0 Å². The number of benzene rings is 1. The highest BCUT2D eigenvalue weighted by Crippen LogP contribution is 2.24. The van der Waals surface area contributed by atoms with Crippen molar-refractivity contribution < 1.29 is 9.84 Å². The number of nitrogens with one attached hydrogen (secondary N) is 1. The van der Waals surface area contributed by atoms with Crippen LogP contribution in [0.25, 0.3) is 0 Å². The van der Waals surface area contributed by atoms with Crippen molar-refractivity contribution in [2.45, 2.75) is 13.1 Å². The third-order valence-corrected chi connectivity index (χ3v) is 4.93. The van der Waals surface area contributed by atoms with E-state index in [0.29, 0.717) is 12.3 Å². The summed E-state index contributed by atoms with van der Waals surface area (Å²) in [6, 6.07) is 9.30. The number of halogens is 2. The second kappa shape index (κ2) is 10.1. The van der Waals surface area contributed by atoms with Gasteiger partial charge in [-0.1, -0.05) is 0 Å². The maximum Gasteiger partial charge on any atom is 0.193 e. The molecule has 0 atom stereocenters. The van der Waals surface area contributed by atoms with E-state index in [1.807, 2.05) is 24.1 Å². The summed E-state index contributed by atoms with van der Waals surface area (Å²) in [6.07, 6.45) is 0. The molecule has 0 radical (unpaired) electrons. The summed E-state index contributed by atoms with van der Waals surface area (Å²) in [4.78, 5) is 7.57. The van der Waals surface area contributed by atoms with Gasteiger partial charge >= 0.3 is 0 Å². The number of hydrogen-bond acceptors (Lipinski definition) is 4. The van der Waals surface area contributed by atoms with Crippen molar-refractivity contribution in [2.75, 3.05) is 21.2 Å². The minimum absolute atomic E-state index is 0. The fraction of sp³-hybridized carbons (Fsp3) is 0.312. The van der Waals surface area contributed by atoms with Gasteiger partial charge in [-0.2, -0.15) is 0 Å². The molecule has 8 heteroatoms. The molecule has 2 rings (SSSR count). The molecule has 0 saturated carbocycles. The van der Waals surface area contributed by atoms with Gasteiger partial charge in [0.25, 0.3) is 0 Å². The van der Waals surface area contributed by atoms with Crippen LogP contribution in [0, 0.1) is 0 Å². The monoisotopic (exact) mass is 525 g/mol. The zero-order valence-corrected chi connectivity index (χ0v) is 18.5. The number of nitrogens with zero attached hydrogens (tertiary/aromatic N) is 2. The van der Waals surface area contributed by atoms with Gasteiger partial charge < -0.3 is 20.1 Å². The summed E-state index contributed by atoms with van der Waals surface area (Å²) in [6.45, 7) is 1.23. The Labute approximate surface area is 171 Å². The summed E-state index contributed by atoms with van der Waals surface area (Å²) in [5.41, 5.74) is 0.762. The van der Waals surface area contributed by atoms with Crippen molar-refractivity contribution in [1.82, 2.24) is 10.2 Å². The fourth-order valence-electron chi connectivity index (χ4n) is 2.13. The van der Waals surface area contributed by atoms with Gasteiger partial charge in [0.1, 0.15) is 11.5 Å². The number of guanidine groups is 1. The first-order chi connectivity index (χ1) is 11.0. The zero-order chi connectivity index (χ0) is 16.8. The topological polar surface area (TPSA) is 57.1 Å². The van der Waals surface area contributed by atoms with E-state index in [4.69, 9.17) is 4.74 Å². The first-order valence-electron chi connectivity index (χ1n) is 7.05. The van der Waals surface area contributed by atoms with Gasteiger partial charge in [-0.3, -0.25) is 4.99 Å². The summed E-state index contributed by atoms with van der Waals surface area (Å²) >= 11 is 5.18. The Bertz CT molecular complexity index is 694. The van der Waals surface area contributed by atoms with E-state index in [1.54, 1.807) is 37.6 Å². The van der Waals surface area contributed by atoms with Gasteiger partial charge in [-0.05, 0) is 46.3 Å². The Kier molecular flexibility index (Phi) is 8.85. The highest BCUT2D eigenvalue weighted by molar-refractivity contribution is 14.0. The summed E-state index contributed by atoms with van der Waals surface area (Å²) in [5.74, 6) is 1.71. The third-order valence-electron chi connectivity index (χ3n) is 3.32. The van der Waals surface area contributed by atoms with E-state index in [9.17, 15) is 5.11 Å². The molecule has 0 amide bonds. The quantitative estimate of drug-likeness (QED) is 0.351. The highest BCUT2D eigenvalue weighted by atomic mass is 127. The average molecular weight is 526 g/mol. The second-order valence-electron chi connectivity index (χ2n) is 4.96. The molecule has 1 aromatic carbocycles. The molecule has 0 aliphatic carbocycles. The number of thiophene rings is 1. The van der Waals surface area contributed by atoms with Crippen molar-refractivity contribution in [3.05, 3.63) is 44.6 Å². The molecular weight excluding hydrogens is 505 g/mol. The molecule has 5 nitrogen and oxygen atoms in total. The van der Waals surface area contributed by atoms with Crippen molar-refractivity contribution in [3.8, 4) is 11.5 Å². The van der Waals surface area contributed by atoms with E-state index in [2.05, 4.69) is 32.3 Å². The number of phenolic OH excluding ortho intramolecular Hbond substituents is 1. The molecule has 2 N–H and O–H groups in total. The fourth-order valence-corrected chi connectivity index (χ4v) is 3.67. The van der Waals surface area contributed by atoms with Crippen LogP contribution in [0.3, 0.4) is 0 Å². The lowest BCUT2D eigenvalue weighted by atomic mass is 10.2. The predicted octanol–water partition coefficient (Wildman–Crippen LogP) is 4.05. The van der Waals surface area contributed by atoms with Gasteiger partial charge in [0.05, 0.1) is 17.4 Å². The normalized spacial score (nSPS) is 10.9. The second-order valence-corrected chi connectivity index (χ2v) is 7.50. The van der Waals surface area contributed by atoms with Crippen LogP contribution in [-0.2, 0) is 13.1 Å². The largest absolute Gasteiger partial charge is 0.508 e.